The fraction of sp³-hybridized carbons (Fsp3) is 0.429. The summed E-state index contributed by atoms with van der Waals surface area (Å²) in [6.07, 6.45) is 1.80. The first-order valence-electron chi connectivity index (χ1n) is 6.75. The van der Waals surface area contributed by atoms with Crippen LogP contribution in [0.4, 0.5) is 5.69 Å². The molecule has 0 spiro atoms. The number of hydrogen-bond donors (Lipinski definition) is 2. The summed E-state index contributed by atoms with van der Waals surface area (Å²) in [5.74, 6) is 0.0290. The highest BCUT2D eigenvalue weighted by Gasteiger charge is 2.15. The Labute approximate surface area is 121 Å². The highest BCUT2D eigenvalue weighted by molar-refractivity contribution is 7.16. The zero-order valence-electron chi connectivity index (χ0n) is 11.1. The van der Waals surface area contributed by atoms with Crippen LogP contribution in [-0.2, 0) is 9.53 Å². The lowest BCUT2D eigenvalue weighted by molar-refractivity contribution is -0.120. The van der Waals surface area contributed by atoms with Gasteiger partial charge in [-0.2, -0.15) is 0 Å². The van der Waals surface area contributed by atoms with Gasteiger partial charge in [-0.25, -0.2) is 4.98 Å². The van der Waals surface area contributed by atoms with Crippen molar-refractivity contribution in [2.45, 2.75) is 18.9 Å². The molecule has 1 fully saturated rings. The van der Waals surface area contributed by atoms with E-state index in [0.717, 1.165) is 42.0 Å². The van der Waals surface area contributed by atoms with Crippen LogP contribution in [0.3, 0.4) is 0 Å². The SMILES string of the molecule is O=C(CNc1ccc2ncsc2c1)NC1CCOCC1. The van der Waals surface area contributed by atoms with Crippen LogP contribution in [0, 0.1) is 0 Å². The van der Waals surface area contributed by atoms with Gasteiger partial charge in [-0.05, 0) is 31.0 Å². The summed E-state index contributed by atoms with van der Waals surface area (Å²) >= 11 is 1.60. The molecule has 0 unspecified atom stereocenters. The molecule has 3 rings (SSSR count). The quantitative estimate of drug-likeness (QED) is 0.904. The van der Waals surface area contributed by atoms with Gasteiger partial charge in [0.2, 0.25) is 5.91 Å². The third kappa shape index (κ3) is 3.26. The second-order valence-corrected chi connectivity index (χ2v) is 5.73. The van der Waals surface area contributed by atoms with Crippen molar-refractivity contribution in [3.8, 4) is 0 Å². The summed E-state index contributed by atoms with van der Waals surface area (Å²) in [6.45, 7) is 1.77. The van der Waals surface area contributed by atoms with Crippen LogP contribution in [0.1, 0.15) is 12.8 Å². The van der Waals surface area contributed by atoms with Crippen LogP contribution < -0.4 is 10.6 Å². The molecule has 106 valence electrons. The molecule has 0 radical (unpaired) electrons. The van der Waals surface area contributed by atoms with Crippen molar-refractivity contribution >= 4 is 33.1 Å². The maximum absolute atomic E-state index is 11.9. The molecule has 1 amide bonds. The molecule has 1 saturated heterocycles. The van der Waals surface area contributed by atoms with E-state index in [2.05, 4.69) is 15.6 Å². The minimum Gasteiger partial charge on any atom is -0.381 e. The second-order valence-electron chi connectivity index (χ2n) is 4.84. The van der Waals surface area contributed by atoms with E-state index < -0.39 is 0 Å². The average Bonchev–Trinajstić information content (AvgIpc) is 2.93. The van der Waals surface area contributed by atoms with Crippen molar-refractivity contribution in [3.05, 3.63) is 23.7 Å². The first-order valence-corrected chi connectivity index (χ1v) is 7.63. The molecular formula is C14H17N3O2S. The predicted molar refractivity (Wildman–Crippen MR) is 80.1 cm³/mol. The third-order valence-electron chi connectivity index (χ3n) is 3.37. The van der Waals surface area contributed by atoms with Crippen LogP contribution >= 0.6 is 11.3 Å². The zero-order chi connectivity index (χ0) is 13.8. The molecular weight excluding hydrogens is 274 g/mol. The van der Waals surface area contributed by atoms with E-state index in [1.54, 1.807) is 11.3 Å². The zero-order valence-corrected chi connectivity index (χ0v) is 11.9. The highest BCUT2D eigenvalue weighted by Crippen LogP contribution is 2.21. The van der Waals surface area contributed by atoms with Gasteiger partial charge in [0.05, 0.1) is 22.3 Å². The van der Waals surface area contributed by atoms with Crippen molar-refractivity contribution in [1.29, 1.82) is 0 Å². The number of aromatic nitrogens is 1. The topological polar surface area (TPSA) is 63.2 Å². The molecule has 6 heteroatoms. The number of nitrogens with one attached hydrogen (secondary N) is 2. The van der Waals surface area contributed by atoms with Gasteiger partial charge in [0.25, 0.3) is 0 Å². The van der Waals surface area contributed by atoms with Gasteiger partial charge in [-0.3, -0.25) is 4.79 Å². The summed E-state index contributed by atoms with van der Waals surface area (Å²) < 4.78 is 6.40. The predicted octanol–water partition coefficient (Wildman–Crippen LogP) is 2.00. The molecule has 2 aromatic rings. The maximum atomic E-state index is 11.9. The minimum absolute atomic E-state index is 0.0290. The Balaban J connectivity index is 1.51. The van der Waals surface area contributed by atoms with E-state index in [-0.39, 0.29) is 11.9 Å². The normalized spacial score (nSPS) is 16.2. The number of rotatable bonds is 4. The van der Waals surface area contributed by atoms with E-state index in [1.807, 2.05) is 23.7 Å². The smallest absolute Gasteiger partial charge is 0.239 e. The van der Waals surface area contributed by atoms with Gasteiger partial charge >= 0.3 is 0 Å². The van der Waals surface area contributed by atoms with Gasteiger partial charge in [-0.15, -0.1) is 11.3 Å². The molecule has 0 saturated carbocycles. The van der Waals surface area contributed by atoms with Crippen molar-refractivity contribution < 1.29 is 9.53 Å². The molecule has 1 aromatic carbocycles. The number of amides is 1. The number of carbonyl (C=O) groups is 1. The summed E-state index contributed by atoms with van der Waals surface area (Å²) in [4.78, 5) is 16.1. The monoisotopic (exact) mass is 291 g/mol. The van der Waals surface area contributed by atoms with Crippen molar-refractivity contribution in [2.75, 3.05) is 25.1 Å². The van der Waals surface area contributed by atoms with Gasteiger partial charge in [0.15, 0.2) is 0 Å². The number of ether oxygens (including phenoxy) is 1. The number of benzene rings is 1. The molecule has 0 aliphatic carbocycles. The van der Waals surface area contributed by atoms with E-state index in [9.17, 15) is 4.79 Å². The van der Waals surface area contributed by atoms with Crippen LogP contribution in [-0.4, -0.2) is 36.7 Å². The average molecular weight is 291 g/mol. The van der Waals surface area contributed by atoms with Crippen LogP contribution in [0.15, 0.2) is 23.7 Å². The lowest BCUT2D eigenvalue weighted by Gasteiger charge is -2.23. The van der Waals surface area contributed by atoms with Crippen molar-refractivity contribution in [3.63, 3.8) is 0 Å². The molecule has 1 aliphatic rings. The molecule has 0 atom stereocenters. The minimum atomic E-state index is 0.0290. The number of carbonyl (C=O) groups excluding carboxylic acids is 1. The van der Waals surface area contributed by atoms with Gasteiger partial charge in [0, 0.05) is 24.9 Å². The number of anilines is 1. The number of hydrogen-bond acceptors (Lipinski definition) is 5. The van der Waals surface area contributed by atoms with E-state index in [1.165, 1.54) is 0 Å². The Bertz CT molecular complexity index is 593. The van der Waals surface area contributed by atoms with Crippen molar-refractivity contribution in [1.82, 2.24) is 10.3 Å². The summed E-state index contributed by atoms with van der Waals surface area (Å²) in [7, 11) is 0. The first kappa shape index (κ1) is 13.3. The van der Waals surface area contributed by atoms with Gasteiger partial charge < -0.3 is 15.4 Å². The highest BCUT2D eigenvalue weighted by atomic mass is 32.1. The first-order chi connectivity index (χ1) is 9.81. The summed E-state index contributed by atoms with van der Waals surface area (Å²) in [5, 5.41) is 6.18. The fourth-order valence-electron chi connectivity index (χ4n) is 2.27. The van der Waals surface area contributed by atoms with Crippen LogP contribution in [0.25, 0.3) is 10.2 Å². The molecule has 1 aromatic heterocycles. The fourth-order valence-corrected chi connectivity index (χ4v) is 2.98. The second kappa shape index (κ2) is 6.19. The largest absolute Gasteiger partial charge is 0.381 e. The van der Waals surface area contributed by atoms with Gasteiger partial charge in [0.1, 0.15) is 0 Å². The number of thiazole rings is 1. The Kier molecular flexibility index (Phi) is 4.13. The number of nitrogens with zero attached hydrogens (tertiary/aromatic N) is 1. The third-order valence-corrected chi connectivity index (χ3v) is 4.16. The molecule has 0 bridgehead atoms. The number of fused-ring (bicyclic) bond motifs is 1. The Morgan fingerprint density at radius 3 is 3.10 bits per heavy atom. The molecule has 2 N–H and O–H groups in total. The summed E-state index contributed by atoms with van der Waals surface area (Å²) in [5.41, 5.74) is 3.77. The Hall–Kier alpha value is -1.66. The summed E-state index contributed by atoms with van der Waals surface area (Å²) in [6, 6.07) is 6.19. The molecule has 1 aliphatic heterocycles. The lowest BCUT2D eigenvalue weighted by Crippen LogP contribution is -2.41. The van der Waals surface area contributed by atoms with Crippen LogP contribution in [0.5, 0.6) is 0 Å². The van der Waals surface area contributed by atoms with E-state index in [4.69, 9.17) is 4.74 Å². The maximum Gasteiger partial charge on any atom is 0.239 e. The van der Waals surface area contributed by atoms with Crippen LogP contribution in [0.2, 0.25) is 0 Å². The molecule has 5 nitrogen and oxygen atoms in total. The van der Waals surface area contributed by atoms with Crippen molar-refractivity contribution in [2.24, 2.45) is 0 Å². The Morgan fingerprint density at radius 2 is 2.25 bits per heavy atom. The Morgan fingerprint density at radius 1 is 1.40 bits per heavy atom. The standard InChI is InChI=1S/C14H17N3O2S/c18-14(17-10-3-5-19-6-4-10)8-15-11-1-2-12-13(7-11)20-9-16-12/h1-2,7,9-10,15H,3-6,8H2,(H,17,18). The lowest BCUT2D eigenvalue weighted by atomic mass is 10.1. The van der Waals surface area contributed by atoms with E-state index in [0.29, 0.717) is 6.54 Å². The van der Waals surface area contributed by atoms with E-state index >= 15 is 0 Å². The molecule has 20 heavy (non-hydrogen) atoms. The molecule has 2 heterocycles. The van der Waals surface area contributed by atoms with Gasteiger partial charge in [-0.1, -0.05) is 0 Å².